The highest BCUT2D eigenvalue weighted by molar-refractivity contribution is 6.32. The summed E-state index contributed by atoms with van der Waals surface area (Å²) in [5.74, 6) is -6.65. The number of aromatic carboxylic acids is 1. The van der Waals surface area contributed by atoms with Gasteiger partial charge in [0.25, 0.3) is 11.5 Å². The Kier molecular flexibility index (Phi) is 7.74. The molecule has 0 bridgehead atoms. The van der Waals surface area contributed by atoms with Crippen molar-refractivity contribution in [2.24, 2.45) is 5.73 Å². The van der Waals surface area contributed by atoms with Gasteiger partial charge in [0.05, 0.1) is 17.0 Å². The second-order valence-corrected chi connectivity index (χ2v) is 7.16. The molecule has 0 unspecified atom stereocenters. The lowest BCUT2D eigenvalue weighted by Crippen LogP contribution is -2.19. The molecule has 4 aromatic rings. The molecule has 4 rings (SSSR count). The summed E-state index contributed by atoms with van der Waals surface area (Å²) >= 11 is 5.61. The van der Waals surface area contributed by atoms with Crippen LogP contribution in [0.15, 0.2) is 53.3 Å². The number of hydrogen-bond donors (Lipinski definition) is 3. The van der Waals surface area contributed by atoms with E-state index in [0.29, 0.717) is 0 Å². The molecule has 2 aromatic carbocycles. The molecule has 14 heteroatoms. The Balaban J connectivity index is 0.000000201. The maximum atomic E-state index is 13.5. The van der Waals surface area contributed by atoms with Gasteiger partial charge in [0.15, 0.2) is 28.4 Å². The number of benzene rings is 2. The van der Waals surface area contributed by atoms with Crippen molar-refractivity contribution in [2.45, 2.75) is 0 Å². The first kappa shape index (κ1) is 26.0. The number of carboxylic acid groups (broad SMARTS) is 1. The van der Waals surface area contributed by atoms with Crippen molar-refractivity contribution >= 4 is 23.5 Å². The summed E-state index contributed by atoms with van der Waals surface area (Å²) in [6, 6.07) is 9.04. The molecule has 0 aliphatic carbocycles. The minimum atomic E-state index is -1.48. The Morgan fingerprint density at radius 2 is 1.39 bits per heavy atom. The van der Waals surface area contributed by atoms with Crippen LogP contribution < -0.4 is 11.3 Å². The molecule has 4 N–H and O–H groups in total. The van der Waals surface area contributed by atoms with Crippen LogP contribution in [0.1, 0.15) is 20.7 Å². The fourth-order valence-corrected chi connectivity index (χ4v) is 2.97. The van der Waals surface area contributed by atoms with E-state index in [0.717, 1.165) is 24.3 Å². The van der Waals surface area contributed by atoms with Gasteiger partial charge in [0, 0.05) is 11.1 Å². The maximum Gasteiger partial charge on any atom is 0.341 e. The van der Waals surface area contributed by atoms with Gasteiger partial charge in [-0.05, 0) is 36.4 Å². The highest BCUT2D eigenvalue weighted by Crippen LogP contribution is 2.25. The van der Waals surface area contributed by atoms with Crippen LogP contribution in [0.5, 0.6) is 0 Å². The monoisotopic (exact) mass is 521 g/mol. The van der Waals surface area contributed by atoms with Crippen molar-refractivity contribution in [2.75, 3.05) is 0 Å². The number of rotatable bonds is 4. The number of aromatic nitrogens is 4. The topological polar surface area (TPSA) is 152 Å². The zero-order chi connectivity index (χ0) is 26.6. The molecule has 184 valence electrons. The standard InChI is InChI=1S/C11H6ClF2N3O.C11H6F2N2O3/c12-10-6(11(15)18)4-8(16-17-10)5-2-1-3-7(13)9(5)14;12-7-3-1-2-5(9(7)13)8-4-6(11(17)18)10(16)15-14-8/h1-4H,(H2,15,18);1-4H,(H,15,16)(H,17,18). The first-order chi connectivity index (χ1) is 17.0. The van der Waals surface area contributed by atoms with Crippen LogP contribution in [-0.2, 0) is 0 Å². The fraction of sp³-hybridized carbons (Fsp3) is 0. The summed E-state index contributed by atoms with van der Waals surface area (Å²) in [5.41, 5.74) is 2.92. The lowest BCUT2D eigenvalue weighted by molar-refractivity contribution is 0.0694. The number of carbonyl (C=O) groups excluding carboxylic acids is 1. The maximum absolute atomic E-state index is 13.5. The Labute approximate surface area is 203 Å². The number of H-pyrrole nitrogens is 1. The molecule has 0 aliphatic heterocycles. The van der Waals surface area contributed by atoms with E-state index in [4.69, 9.17) is 22.4 Å². The summed E-state index contributed by atoms with van der Waals surface area (Å²) in [7, 11) is 0. The van der Waals surface area contributed by atoms with E-state index in [9.17, 15) is 31.9 Å². The van der Waals surface area contributed by atoms with E-state index in [-0.39, 0.29) is 33.2 Å². The van der Waals surface area contributed by atoms with Gasteiger partial charge in [-0.2, -0.15) is 5.10 Å². The number of nitrogens with zero attached hydrogens (tertiary/aromatic N) is 3. The molecule has 0 atom stereocenters. The lowest BCUT2D eigenvalue weighted by atomic mass is 10.1. The molecule has 0 spiro atoms. The number of carboxylic acids is 1. The van der Waals surface area contributed by atoms with E-state index in [2.05, 4.69) is 15.3 Å². The van der Waals surface area contributed by atoms with Gasteiger partial charge in [0.2, 0.25) is 0 Å². The van der Waals surface area contributed by atoms with Crippen molar-refractivity contribution in [3.63, 3.8) is 0 Å². The number of carbonyl (C=O) groups is 2. The molecule has 2 heterocycles. The molecule has 0 fully saturated rings. The second-order valence-electron chi connectivity index (χ2n) is 6.80. The number of aromatic amines is 1. The summed E-state index contributed by atoms with van der Waals surface area (Å²) in [6.45, 7) is 0. The Morgan fingerprint density at radius 3 is 1.92 bits per heavy atom. The third-order valence-corrected chi connectivity index (χ3v) is 4.78. The van der Waals surface area contributed by atoms with Gasteiger partial charge in [0.1, 0.15) is 5.56 Å². The summed E-state index contributed by atoms with van der Waals surface area (Å²) in [4.78, 5) is 32.9. The Morgan fingerprint density at radius 1 is 0.861 bits per heavy atom. The average Bonchev–Trinajstić information content (AvgIpc) is 2.83. The van der Waals surface area contributed by atoms with E-state index in [1.165, 1.54) is 24.3 Å². The normalized spacial score (nSPS) is 10.4. The third-order valence-electron chi connectivity index (χ3n) is 4.50. The summed E-state index contributed by atoms with van der Waals surface area (Å²) in [6.07, 6.45) is 0. The molecular formula is C22H12ClF4N5O4. The van der Waals surface area contributed by atoms with Crippen molar-refractivity contribution in [1.29, 1.82) is 0 Å². The van der Waals surface area contributed by atoms with Crippen LogP contribution in [0.2, 0.25) is 5.15 Å². The Hall–Kier alpha value is -4.65. The zero-order valence-corrected chi connectivity index (χ0v) is 18.4. The van der Waals surface area contributed by atoms with Crippen molar-refractivity contribution in [3.8, 4) is 22.5 Å². The van der Waals surface area contributed by atoms with Crippen molar-refractivity contribution < 1.29 is 32.3 Å². The molecule has 36 heavy (non-hydrogen) atoms. The van der Waals surface area contributed by atoms with Crippen LogP contribution >= 0.6 is 11.6 Å². The van der Waals surface area contributed by atoms with E-state index in [1.807, 2.05) is 5.10 Å². The van der Waals surface area contributed by atoms with Gasteiger partial charge in [-0.3, -0.25) is 9.59 Å². The highest BCUT2D eigenvalue weighted by atomic mass is 35.5. The van der Waals surface area contributed by atoms with Crippen molar-refractivity contribution in [1.82, 2.24) is 20.4 Å². The predicted octanol–water partition coefficient (Wildman–Crippen LogP) is 3.59. The first-order valence-electron chi connectivity index (χ1n) is 9.56. The van der Waals surface area contributed by atoms with Crippen LogP contribution in [0.3, 0.4) is 0 Å². The third kappa shape index (κ3) is 5.52. The molecular weight excluding hydrogens is 510 g/mol. The van der Waals surface area contributed by atoms with Gasteiger partial charge in [-0.1, -0.05) is 23.7 Å². The number of nitrogens with two attached hydrogens (primary N) is 1. The number of amides is 1. The summed E-state index contributed by atoms with van der Waals surface area (Å²) in [5, 5.41) is 21.0. The molecule has 1 amide bonds. The first-order valence-corrected chi connectivity index (χ1v) is 9.93. The van der Waals surface area contributed by atoms with E-state index < -0.39 is 46.3 Å². The smallest absolute Gasteiger partial charge is 0.341 e. The minimum Gasteiger partial charge on any atom is -0.477 e. The highest BCUT2D eigenvalue weighted by Gasteiger charge is 2.17. The SMILES string of the molecule is NC(=O)c1cc(-c2cccc(F)c2F)nnc1Cl.O=C(O)c1cc(-c2cccc(F)c2F)n[nH]c1=O. The summed E-state index contributed by atoms with van der Waals surface area (Å²) < 4.78 is 53.1. The van der Waals surface area contributed by atoms with Crippen LogP contribution in [0.4, 0.5) is 17.6 Å². The van der Waals surface area contributed by atoms with Crippen LogP contribution in [-0.4, -0.2) is 37.4 Å². The average molecular weight is 522 g/mol. The molecule has 0 radical (unpaired) electrons. The quantitative estimate of drug-likeness (QED) is 0.347. The van der Waals surface area contributed by atoms with Gasteiger partial charge in [-0.25, -0.2) is 27.5 Å². The minimum absolute atomic E-state index is 0.0230. The van der Waals surface area contributed by atoms with E-state index >= 15 is 0 Å². The van der Waals surface area contributed by atoms with Gasteiger partial charge >= 0.3 is 5.97 Å². The molecule has 2 aromatic heterocycles. The van der Waals surface area contributed by atoms with Crippen LogP contribution in [0, 0.1) is 23.3 Å². The molecule has 9 nitrogen and oxygen atoms in total. The largest absolute Gasteiger partial charge is 0.477 e. The molecule has 0 saturated heterocycles. The fourth-order valence-electron chi connectivity index (χ4n) is 2.79. The van der Waals surface area contributed by atoms with Gasteiger partial charge in [-0.15, -0.1) is 10.2 Å². The number of hydrogen-bond acceptors (Lipinski definition) is 6. The number of halogens is 5. The lowest BCUT2D eigenvalue weighted by Gasteiger charge is -2.04. The van der Waals surface area contributed by atoms with Crippen molar-refractivity contribution in [3.05, 3.63) is 98.4 Å². The van der Waals surface area contributed by atoms with E-state index in [1.54, 1.807) is 0 Å². The van der Waals surface area contributed by atoms with Gasteiger partial charge < -0.3 is 10.8 Å². The number of nitrogens with one attached hydrogen (secondary N) is 1. The Bertz CT molecular complexity index is 1550. The predicted molar refractivity (Wildman–Crippen MR) is 118 cm³/mol. The zero-order valence-electron chi connectivity index (χ0n) is 17.6. The number of primary amides is 1. The molecule has 0 saturated carbocycles. The van der Waals surface area contributed by atoms with Crippen LogP contribution in [0.25, 0.3) is 22.5 Å². The molecule has 0 aliphatic rings. The second kappa shape index (κ2) is 10.7.